The highest BCUT2D eigenvalue weighted by molar-refractivity contribution is 5.93. The minimum Gasteiger partial charge on any atom is -0.498 e. The number of carbonyl (C=O) groups excluding carboxylic acids is 1. The Bertz CT molecular complexity index is 338. The van der Waals surface area contributed by atoms with E-state index in [1.165, 1.54) is 0 Å². The average molecular weight is 253 g/mol. The number of allylic oxidation sites excluding steroid dienone is 1. The maximum atomic E-state index is 12.0. The van der Waals surface area contributed by atoms with Crippen LogP contribution < -0.4 is 5.32 Å². The first-order valence-corrected chi connectivity index (χ1v) is 6.95. The Balaban J connectivity index is 1.81. The van der Waals surface area contributed by atoms with Gasteiger partial charge in [-0.2, -0.15) is 0 Å². The van der Waals surface area contributed by atoms with Crippen LogP contribution in [0.5, 0.6) is 0 Å². The molecule has 4 heteroatoms. The number of rotatable bonds is 3. The molecule has 0 aromatic heterocycles. The molecule has 1 aliphatic heterocycles. The quantitative estimate of drug-likeness (QED) is 0.805. The van der Waals surface area contributed by atoms with E-state index in [1.807, 2.05) is 6.92 Å². The molecule has 2 aliphatic rings. The largest absolute Gasteiger partial charge is 0.498 e. The molecule has 1 heterocycles. The van der Waals surface area contributed by atoms with Crippen LogP contribution in [0.3, 0.4) is 0 Å². The van der Waals surface area contributed by atoms with Gasteiger partial charge in [-0.25, -0.2) is 0 Å². The fourth-order valence-corrected chi connectivity index (χ4v) is 2.80. The standard InChI is InChI=1S/C14H23NO3/c1-10-13(6-3-7-18-10)14(17)15-9-11-4-2-5-12(16)8-11/h11-12,16H,2-9H2,1H3,(H,15,17). The number of carbonyl (C=O) groups is 1. The zero-order valence-electron chi connectivity index (χ0n) is 11.1. The molecule has 2 unspecified atom stereocenters. The zero-order valence-corrected chi connectivity index (χ0v) is 11.1. The monoisotopic (exact) mass is 253 g/mol. The van der Waals surface area contributed by atoms with Crippen LogP contribution in [0.15, 0.2) is 11.3 Å². The molecule has 0 aromatic rings. The van der Waals surface area contributed by atoms with Crippen molar-refractivity contribution in [2.45, 2.75) is 51.6 Å². The highest BCUT2D eigenvalue weighted by Crippen LogP contribution is 2.24. The summed E-state index contributed by atoms with van der Waals surface area (Å²) in [6, 6.07) is 0. The van der Waals surface area contributed by atoms with Gasteiger partial charge in [0.25, 0.3) is 5.91 Å². The van der Waals surface area contributed by atoms with Gasteiger partial charge in [-0.1, -0.05) is 6.42 Å². The molecule has 1 amide bonds. The van der Waals surface area contributed by atoms with Crippen LogP contribution in [0.4, 0.5) is 0 Å². The third-order valence-electron chi connectivity index (χ3n) is 3.90. The highest BCUT2D eigenvalue weighted by Gasteiger charge is 2.22. The fourth-order valence-electron chi connectivity index (χ4n) is 2.80. The summed E-state index contributed by atoms with van der Waals surface area (Å²) in [5.41, 5.74) is 0.789. The summed E-state index contributed by atoms with van der Waals surface area (Å²) in [4.78, 5) is 12.0. The van der Waals surface area contributed by atoms with E-state index in [9.17, 15) is 9.90 Å². The Morgan fingerprint density at radius 2 is 2.28 bits per heavy atom. The Kier molecular flexibility index (Phi) is 4.64. The van der Waals surface area contributed by atoms with E-state index in [2.05, 4.69) is 5.32 Å². The Morgan fingerprint density at radius 3 is 3.00 bits per heavy atom. The summed E-state index contributed by atoms with van der Waals surface area (Å²) >= 11 is 0. The molecule has 4 nitrogen and oxygen atoms in total. The van der Waals surface area contributed by atoms with E-state index in [0.29, 0.717) is 12.5 Å². The number of hydrogen-bond acceptors (Lipinski definition) is 3. The van der Waals surface area contributed by atoms with Crippen molar-refractivity contribution in [1.29, 1.82) is 0 Å². The van der Waals surface area contributed by atoms with Crippen LogP contribution in [-0.2, 0) is 9.53 Å². The van der Waals surface area contributed by atoms with Crippen LogP contribution >= 0.6 is 0 Å². The summed E-state index contributed by atoms with van der Waals surface area (Å²) in [7, 11) is 0. The number of aliphatic hydroxyl groups is 1. The SMILES string of the molecule is CC1=C(C(=O)NCC2CCCC(O)C2)CCCO1. The first kappa shape index (κ1) is 13.4. The minimum atomic E-state index is -0.181. The maximum Gasteiger partial charge on any atom is 0.250 e. The Morgan fingerprint density at radius 1 is 1.44 bits per heavy atom. The second kappa shape index (κ2) is 6.23. The number of aliphatic hydroxyl groups excluding tert-OH is 1. The van der Waals surface area contributed by atoms with Crippen molar-refractivity contribution in [3.63, 3.8) is 0 Å². The average Bonchev–Trinajstić information content (AvgIpc) is 2.37. The van der Waals surface area contributed by atoms with Crippen LogP contribution in [-0.4, -0.2) is 30.3 Å². The van der Waals surface area contributed by atoms with Gasteiger partial charge in [0, 0.05) is 6.54 Å². The van der Waals surface area contributed by atoms with Crippen LogP contribution in [0.1, 0.15) is 45.4 Å². The minimum absolute atomic E-state index is 0.00673. The smallest absolute Gasteiger partial charge is 0.250 e. The second-order valence-corrected chi connectivity index (χ2v) is 5.38. The van der Waals surface area contributed by atoms with Crippen molar-refractivity contribution in [2.24, 2.45) is 5.92 Å². The van der Waals surface area contributed by atoms with E-state index in [1.54, 1.807) is 0 Å². The maximum absolute atomic E-state index is 12.0. The summed E-state index contributed by atoms with van der Waals surface area (Å²) in [6.45, 7) is 3.25. The van der Waals surface area contributed by atoms with Crippen molar-refractivity contribution in [3.05, 3.63) is 11.3 Å². The van der Waals surface area contributed by atoms with Crippen molar-refractivity contribution in [2.75, 3.05) is 13.2 Å². The third-order valence-corrected chi connectivity index (χ3v) is 3.90. The van der Waals surface area contributed by atoms with E-state index < -0.39 is 0 Å². The molecule has 2 atom stereocenters. The molecule has 0 bridgehead atoms. The van der Waals surface area contributed by atoms with Crippen molar-refractivity contribution in [1.82, 2.24) is 5.32 Å². The van der Waals surface area contributed by atoms with Crippen LogP contribution in [0.25, 0.3) is 0 Å². The third kappa shape index (κ3) is 3.48. The van der Waals surface area contributed by atoms with E-state index >= 15 is 0 Å². The van der Waals surface area contributed by atoms with Crippen molar-refractivity contribution >= 4 is 5.91 Å². The molecule has 1 saturated carbocycles. The molecule has 0 radical (unpaired) electrons. The number of ether oxygens (including phenoxy) is 1. The Hall–Kier alpha value is -1.03. The predicted octanol–water partition coefficient (Wildman–Crippen LogP) is 1.74. The molecule has 102 valence electrons. The topological polar surface area (TPSA) is 58.6 Å². The first-order chi connectivity index (χ1) is 8.66. The van der Waals surface area contributed by atoms with Crippen molar-refractivity contribution < 1.29 is 14.6 Å². The summed E-state index contributed by atoms with van der Waals surface area (Å²) in [5, 5.41) is 12.6. The summed E-state index contributed by atoms with van der Waals surface area (Å²) < 4.78 is 5.40. The lowest BCUT2D eigenvalue weighted by Gasteiger charge is -2.26. The van der Waals surface area contributed by atoms with Gasteiger partial charge in [0.05, 0.1) is 18.3 Å². The molecule has 2 rings (SSSR count). The van der Waals surface area contributed by atoms with Gasteiger partial charge < -0.3 is 15.2 Å². The molecular formula is C14H23NO3. The number of hydrogen-bond donors (Lipinski definition) is 2. The molecular weight excluding hydrogens is 230 g/mol. The molecule has 18 heavy (non-hydrogen) atoms. The van der Waals surface area contributed by atoms with Gasteiger partial charge >= 0.3 is 0 Å². The number of nitrogens with one attached hydrogen (secondary N) is 1. The number of amides is 1. The first-order valence-electron chi connectivity index (χ1n) is 6.95. The summed E-state index contributed by atoms with van der Waals surface area (Å²) in [6.07, 6.45) is 5.43. The summed E-state index contributed by atoms with van der Waals surface area (Å²) in [5.74, 6) is 1.19. The second-order valence-electron chi connectivity index (χ2n) is 5.38. The van der Waals surface area contributed by atoms with Crippen LogP contribution in [0.2, 0.25) is 0 Å². The molecule has 1 aliphatic carbocycles. The van der Waals surface area contributed by atoms with Gasteiger partial charge in [0.15, 0.2) is 0 Å². The Labute approximate surface area is 108 Å². The highest BCUT2D eigenvalue weighted by atomic mass is 16.5. The lowest BCUT2D eigenvalue weighted by Crippen LogP contribution is -2.34. The fraction of sp³-hybridized carbons (Fsp3) is 0.786. The van der Waals surface area contributed by atoms with Crippen molar-refractivity contribution in [3.8, 4) is 0 Å². The zero-order chi connectivity index (χ0) is 13.0. The normalized spacial score (nSPS) is 28.8. The van der Waals surface area contributed by atoms with Gasteiger partial charge in [-0.15, -0.1) is 0 Å². The molecule has 2 N–H and O–H groups in total. The van der Waals surface area contributed by atoms with Crippen LogP contribution in [0, 0.1) is 5.92 Å². The van der Waals surface area contributed by atoms with E-state index in [0.717, 1.165) is 56.5 Å². The lowest BCUT2D eigenvalue weighted by atomic mass is 9.87. The lowest BCUT2D eigenvalue weighted by molar-refractivity contribution is -0.118. The van der Waals surface area contributed by atoms with Gasteiger partial charge in [0.1, 0.15) is 5.76 Å². The van der Waals surface area contributed by atoms with Gasteiger partial charge in [0.2, 0.25) is 0 Å². The molecule has 1 fully saturated rings. The van der Waals surface area contributed by atoms with E-state index in [4.69, 9.17) is 4.74 Å². The van der Waals surface area contributed by atoms with Gasteiger partial charge in [-0.05, 0) is 44.9 Å². The van der Waals surface area contributed by atoms with E-state index in [-0.39, 0.29) is 12.0 Å². The molecule has 0 spiro atoms. The molecule has 0 aromatic carbocycles. The predicted molar refractivity (Wildman–Crippen MR) is 68.9 cm³/mol. The van der Waals surface area contributed by atoms with Gasteiger partial charge in [-0.3, -0.25) is 4.79 Å². The molecule has 0 saturated heterocycles.